The van der Waals surface area contributed by atoms with Crippen LogP contribution in [-0.2, 0) is 11.2 Å². The van der Waals surface area contributed by atoms with Crippen molar-refractivity contribution in [3.63, 3.8) is 0 Å². The van der Waals surface area contributed by atoms with Crippen LogP contribution in [0.25, 0.3) is 0 Å². The first-order valence-corrected chi connectivity index (χ1v) is 7.90. The lowest BCUT2D eigenvalue weighted by atomic mass is 9.87. The van der Waals surface area contributed by atoms with Crippen LogP contribution >= 0.6 is 22.9 Å². The molecule has 0 saturated heterocycles. The molecule has 1 amide bonds. The summed E-state index contributed by atoms with van der Waals surface area (Å²) in [6.45, 7) is 3.98. The maximum Gasteiger partial charge on any atom is 0.227 e. The van der Waals surface area contributed by atoms with Crippen LogP contribution in [0.4, 0.5) is 0 Å². The molecule has 1 aliphatic rings. The second-order valence-electron chi connectivity index (χ2n) is 5.17. The number of rotatable bonds is 4. The molecule has 0 radical (unpaired) electrons. The molecular formula is C14H20ClNOS. The topological polar surface area (TPSA) is 29.1 Å². The summed E-state index contributed by atoms with van der Waals surface area (Å²) in [4.78, 5) is 13.7. The van der Waals surface area contributed by atoms with Gasteiger partial charge in [0.2, 0.25) is 5.91 Å². The zero-order valence-corrected chi connectivity index (χ0v) is 12.5. The first kappa shape index (κ1) is 13.9. The molecule has 3 unspecified atom stereocenters. The number of carbonyl (C=O) groups is 1. The molecule has 1 aromatic rings. The Morgan fingerprint density at radius 1 is 1.61 bits per heavy atom. The molecular weight excluding hydrogens is 266 g/mol. The standard InChI is InChI=1S/C14H20ClNOS/c1-9(15)8-10(2)16-14(17)12-4-3-5-13-11(12)6-7-18-13/h6-7,9-10,12H,3-5,8H2,1-2H3,(H,16,17). The molecule has 1 aliphatic carbocycles. The van der Waals surface area contributed by atoms with Gasteiger partial charge in [-0.1, -0.05) is 0 Å². The second kappa shape index (κ2) is 6.07. The van der Waals surface area contributed by atoms with Gasteiger partial charge in [0.25, 0.3) is 0 Å². The van der Waals surface area contributed by atoms with E-state index in [-0.39, 0.29) is 23.2 Å². The van der Waals surface area contributed by atoms with E-state index in [4.69, 9.17) is 11.6 Å². The van der Waals surface area contributed by atoms with Crippen molar-refractivity contribution in [1.82, 2.24) is 5.32 Å². The molecule has 2 rings (SSSR count). The molecule has 0 saturated carbocycles. The molecule has 1 aromatic heterocycles. The summed E-state index contributed by atoms with van der Waals surface area (Å²) >= 11 is 7.73. The Morgan fingerprint density at radius 3 is 3.11 bits per heavy atom. The van der Waals surface area contributed by atoms with Crippen molar-refractivity contribution in [3.8, 4) is 0 Å². The Kier molecular flexibility index (Phi) is 4.68. The van der Waals surface area contributed by atoms with Gasteiger partial charge in [0, 0.05) is 16.3 Å². The highest BCUT2D eigenvalue weighted by atomic mass is 35.5. The number of thiophene rings is 1. The monoisotopic (exact) mass is 285 g/mol. The number of alkyl halides is 1. The fraction of sp³-hybridized carbons (Fsp3) is 0.643. The minimum absolute atomic E-state index is 0.0491. The van der Waals surface area contributed by atoms with Crippen molar-refractivity contribution in [2.75, 3.05) is 0 Å². The van der Waals surface area contributed by atoms with E-state index in [2.05, 4.69) is 16.8 Å². The van der Waals surface area contributed by atoms with E-state index in [9.17, 15) is 4.79 Å². The molecule has 1 N–H and O–H groups in total. The van der Waals surface area contributed by atoms with Gasteiger partial charge in [-0.25, -0.2) is 0 Å². The van der Waals surface area contributed by atoms with Crippen LogP contribution in [0, 0.1) is 0 Å². The van der Waals surface area contributed by atoms with Gasteiger partial charge in [-0.15, -0.1) is 22.9 Å². The molecule has 3 atom stereocenters. The Hall–Kier alpha value is -0.540. The summed E-state index contributed by atoms with van der Waals surface area (Å²) in [6.07, 6.45) is 4.03. The van der Waals surface area contributed by atoms with Gasteiger partial charge in [0.1, 0.15) is 0 Å². The van der Waals surface area contributed by atoms with Crippen LogP contribution in [-0.4, -0.2) is 17.3 Å². The van der Waals surface area contributed by atoms with E-state index in [1.807, 2.05) is 13.8 Å². The maximum absolute atomic E-state index is 12.3. The summed E-state index contributed by atoms with van der Waals surface area (Å²) in [5, 5.41) is 5.29. The van der Waals surface area contributed by atoms with Gasteiger partial charge < -0.3 is 5.32 Å². The summed E-state index contributed by atoms with van der Waals surface area (Å²) in [5.74, 6) is 0.215. The van der Waals surface area contributed by atoms with Gasteiger partial charge in [-0.2, -0.15) is 0 Å². The number of halogens is 1. The van der Waals surface area contributed by atoms with Crippen LogP contribution in [0.1, 0.15) is 49.5 Å². The maximum atomic E-state index is 12.3. The van der Waals surface area contributed by atoms with E-state index < -0.39 is 0 Å². The zero-order valence-electron chi connectivity index (χ0n) is 10.9. The lowest BCUT2D eigenvalue weighted by molar-refractivity contribution is -0.123. The molecule has 18 heavy (non-hydrogen) atoms. The molecule has 0 spiro atoms. The van der Waals surface area contributed by atoms with Crippen molar-refractivity contribution in [3.05, 3.63) is 21.9 Å². The number of nitrogens with one attached hydrogen (secondary N) is 1. The zero-order chi connectivity index (χ0) is 13.1. The molecule has 2 nitrogen and oxygen atoms in total. The van der Waals surface area contributed by atoms with Crippen molar-refractivity contribution in [1.29, 1.82) is 0 Å². The average Bonchev–Trinajstić information content (AvgIpc) is 2.74. The molecule has 0 fully saturated rings. The smallest absolute Gasteiger partial charge is 0.227 e. The van der Waals surface area contributed by atoms with E-state index >= 15 is 0 Å². The van der Waals surface area contributed by atoms with Crippen LogP contribution in [0.2, 0.25) is 0 Å². The number of carbonyl (C=O) groups excluding carboxylic acids is 1. The number of hydrogen-bond donors (Lipinski definition) is 1. The van der Waals surface area contributed by atoms with E-state index in [0.29, 0.717) is 0 Å². The van der Waals surface area contributed by atoms with Crippen molar-refractivity contribution in [2.45, 2.75) is 56.9 Å². The molecule has 0 aliphatic heterocycles. The summed E-state index contributed by atoms with van der Waals surface area (Å²) in [5.41, 5.74) is 1.25. The van der Waals surface area contributed by atoms with Crippen LogP contribution in [0.15, 0.2) is 11.4 Å². The summed E-state index contributed by atoms with van der Waals surface area (Å²) < 4.78 is 0. The SMILES string of the molecule is CC(Cl)CC(C)NC(=O)C1CCCc2sccc21. The van der Waals surface area contributed by atoms with E-state index in [1.165, 1.54) is 10.4 Å². The Labute approximate surface area is 118 Å². The van der Waals surface area contributed by atoms with Gasteiger partial charge in [0.05, 0.1) is 5.92 Å². The Morgan fingerprint density at radius 2 is 2.39 bits per heavy atom. The molecule has 100 valence electrons. The minimum atomic E-state index is 0.0491. The quantitative estimate of drug-likeness (QED) is 0.840. The third kappa shape index (κ3) is 3.27. The lowest BCUT2D eigenvalue weighted by Crippen LogP contribution is -2.38. The third-order valence-corrected chi connectivity index (χ3v) is 4.61. The van der Waals surface area contributed by atoms with Gasteiger partial charge >= 0.3 is 0 Å². The molecule has 4 heteroatoms. The number of aryl methyl sites for hydroxylation is 1. The predicted molar refractivity (Wildman–Crippen MR) is 77.5 cm³/mol. The van der Waals surface area contributed by atoms with E-state index in [1.54, 1.807) is 11.3 Å². The van der Waals surface area contributed by atoms with E-state index in [0.717, 1.165) is 25.7 Å². The minimum Gasteiger partial charge on any atom is -0.353 e. The largest absolute Gasteiger partial charge is 0.353 e. The fourth-order valence-electron chi connectivity index (χ4n) is 2.65. The van der Waals surface area contributed by atoms with Crippen LogP contribution in [0.5, 0.6) is 0 Å². The van der Waals surface area contributed by atoms with Crippen molar-refractivity contribution < 1.29 is 4.79 Å². The predicted octanol–water partition coefficient (Wildman–Crippen LogP) is 3.69. The Bertz CT molecular complexity index is 416. The van der Waals surface area contributed by atoms with Crippen molar-refractivity contribution >= 4 is 28.8 Å². The Balaban J connectivity index is 1.99. The first-order valence-electron chi connectivity index (χ1n) is 6.58. The summed E-state index contributed by atoms with van der Waals surface area (Å²) in [7, 11) is 0. The van der Waals surface area contributed by atoms with Gasteiger partial charge in [0.15, 0.2) is 0 Å². The number of fused-ring (bicyclic) bond motifs is 1. The highest BCUT2D eigenvalue weighted by molar-refractivity contribution is 7.10. The van der Waals surface area contributed by atoms with Gasteiger partial charge in [-0.05, 0) is 56.5 Å². The van der Waals surface area contributed by atoms with Crippen LogP contribution < -0.4 is 5.32 Å². The van der Waals surface area contributed by atoms with Crippen LogP contribution in [0.3, 0.4) is 0 Å². The van der Waals surface area contributed by atoms with Crippen molar-refractivity contribution in [2.24, 2.45) is 0 Å². The first-order chi connectivity index (χ1) is 8.58. The second-order valence-corrected chi connectivity index (χ2v) is 6.92. The highest BCUT2D eigenvalue weighted by Gasteiger charge is 2.27. The third-order valence-electron chi connectivity index (χ3n) is 3.44. The number of amides is 1. The summed E-state index contributed by atoms with van der Waals surface area (Å²) in [6, 6.07) is 2.26. The number of hydrogen-bond acceptors (Lipinski definition) is 2. The fourth-order valence-corrected chi connectivity index (χ4v) is 3.90. The average molecular weight is 286 g/mol. The van der Waals surface area contributed by atoms with Gasteiger partial charge in [-0.3, -0.25) is 4.79 Å². The normalized spacial score (nSPS) is 22.1. The molecule has 0 aromatic carbocycles. The molecule has 0 bridgehead atoms. The lowest BCUT2D eigenvalue weighted by Gasteiger charge is -2.24. The molecule has 1 heterocycles. The highest BCUT2D eigenvalue weighted by Crippen LogP contribution is 2.35.